The minimum Gasteiger partial charge on any atom is -0.479 e. The van der Waals surface area contributed by atoms with Crippen molar-refractivity contribution in [3.63, 3.8) is 0 Å². The van der Waals surface area contributed by atoms with E-state index in [9.17, 15) is 14.7 Å². The van der Waals surface area contributed by atoms with Gasteiger partial charge in [0.1, 0.15) is 0 Å². The average Bonchev–Trinajstić information content (AvgIpc) is 2.44. The number of ketones is 1. The summed E-state index contributed by atoms with van der Waals surface area (Å²) in [6, 6.07) is 6.63. The Morgan fingerprint density at radius 3 is 2.85 bits per heavy atom. The summed E-state index contributed by atoms with van der Waals surface area (Å²) in [6.07, 6.45) is 5.85. The first-order chi connectivity index (χ1) is 9.63. The minimum atomic E-state index is -1.13. The third-order valence-electron chi connectivity index (χ3n) is 3.32. The monoisotopic (exact) mass is 271 g/mol. The first kappa shape index (κ1) is 14.1. The molecule has 0 amide bonds. The Bertz CT molecular complexity index is 563. The minimum absolute atomic E-state index is 0.201. The van der Waals surface area contributed by atoms with Crippen LogP contribution in [0.15, 0.2) is 43.1 Å². The second kappa shape index (κ2) is 6.19. The van der Waals surface area contributed by atoms with E-state index in [1.54, 1.807) is 17.2 Å². The summed E-state index contributed by atoms with van der Waals surface area (Å²) in [5, 5.41) is 9.32. The van der Waals surface area contributed by atoms with E-state index >= 15 is 0 Å². The van der Waals surface area contributed by atoms with Crippen LogP contribution in [0.2, 0.25) is 0 Å². The summed E-state index contributed by atoms with van der Waals surface area (Å²) in [5.74, 6) is -1.40. The maximum atomic E-state index is 12.1. The highest BCUT2D eigenvalue weighted by molar-refractivity contribution is 6.02. The van der Waals surface area contributed by atoms with Gasteiger partial charge in [-0.1, -0.05) is 30.3 Å². The molecule has 4 nitrogen and oxygen atoms in total. The third kappa shape index (κ3) is 2.96. The number of benzene rings is 1. The molecule has 1 heterocycles. The van der Waals surface area contributed by atoms with E-state index in [1.807, 2.05) is 30.3 Å². The van der Waals surface area contributed by atoms with Gasteiger partial charge < -0.3 is 10.0 Å². The van der Waals surface area contributed by atoms with E-state index < -0.39 is 12.0 Å². The molecule has 0 aliphatic carbocycles. The number of nitrogens with zero attached hydrogens (tertiary/aromatic N) is 1. The first-order valence-electron chi connectivity index (χ1n) is 6.51. The van der Waals surface area contributed by atoms with Crippen molar-refractivity contribution in [3.05, 3.63) is 54.2 Å². The number of carboxylic acid groups (broad SMARTS) is 1. The Morgan fingerprint density at radius 2 is 2.15 bits per heavy atom. The molecule has 0 fully saturated rings. The van der Waals surface area contributed by atoms with Crippen LogP contribution in [-0.4, -0.2) is 27.8 Å². The molecule has 0 spiro atoms. The number of hydrogen-bond acceptors (Lipinski definition) is 3. The lowest BCUT2D eigenvalue weighted by atomic mass is 10.0. The fraction of sp³-hybridized carbons (Fsp3) is 0.250. The maximum Gasteiger partial charge on any atom is 0.334 e. The number of aliphatic carboxylic acids is 1. The van der Waals surface area contributed by atoms with E-state index in [-0.39, 0.29) is 12.2 Å². The van der Waals surface area contributed by atoms with E-state index in [0.29, 0.717) is 13.0 Å². The third-order valence-corrected chi connectivity index (χ3v) is 3.32. The normalized spacial score (nSPS) is 14.5. The van der Waals surface area contributed by atoms with Crippen molar-refractivity contribution in [1.29, 1.82) is 0 Å². The van der Waals surface area contributed by atoms with Crippen LogP contribution in [0.4, 0.5) is 0 Å². The quantitative estimate of drug-likeness (QED) is 0.638. The number of hydrogen-bond donors (Lipinski definition) is 1. The Morgan fingerprint density at radius 1 is 1.40 bits per heavy atom. The highest BCUT2D eigenvalue weighted by Crippen LogP contribution is 2.22. The lowest BCUT2D eigenvalue weighted by molar-refractivity contribution is -0.147. The lowest BCUT2D eigenvalue weighted by Gasteiger charge is -2.30. The Labute approximate surface area is 118 Å². The SMILES string of the molecule is C=CCCC(=O)C(C(=O)O)N1C=Cc2ccccc2C1. The molecular formula is C16H17NO3. The Balaban J connectivity index is 2.18. The standard InChI is InChI=1S/C16H17NO3/c1-2-3-8-14(18)15(16(19)20)17-10-9-12-6-4-5-7-13(12)11-17/h2,4-7,9-10,15H,1,3,8,11H2,(H,19,20). The van der Waals surface area contributed by atoms with Gasteiger partial charge in [-0.25, -0.2) is 4.79 Å². The van der Waals surface area contributed by atoms with Gasteiger partial charge in [0.2, 0.25) is 0 Å². The molecule has 104 valence electrons. The molecular weight excluding hydrogens is 254 g/mol. The number of fused-ring (bicyclic) bond motifs is 1. The van der Waals surface area contributed by atoms with Gasteiger partial charge in [-0.2, -0.15) is 0 Å². The van der Waals surface area contributed by atoms with Gasteiger partial charge in [0.05, 0.1) is 0 Å². The second-order valence-corrected chi connectivity index (χ2v) is 4.72. The number of rotatable bonds is 6. The van der Waals surface area contributed by atoms with Crippen LogP contribution in [0.3, 0.4) is 0 Å². The van der Waals surface area contributed by atoms with Gasteiger partial charge in [0.15, 0.2) is 11.8 Å². The van der Waals surface area contributed by atoms with Crippen molar-refractivity contribution in [2.24, 2.45) is 0 Å². The average molecular weight is 271 g/mol. The van der Waals surface area contributed by atoms with Crippen molar-refractivity contribution in [2.75, 3.05) is 0 Å². The van der Waals surface area contributed by atoms with Gasteiger partial charge >= 0.3 is 5.97 Å². The predicted octanol–water partition coefficient (Wildman–Crippen LogP) is 2.46. The van der Waals surface area contributed by atoms with Crippen LogP contribution < -0.4 is 0 Å². The van der Waals surface area contributed by atoms with Crippen LogP contribution in [-0.2, 0) is 16.1 Å². The number of carbonyl (C=O) groups excluding carboxylic acids is 1. The number of carboxylic acids is 1. The van der Waals surface area contributed by atoms with E-state index in [4.69, 9.17) is 0 Å². The molecule has 1 aromatic rings. The van der Waals surface area contributed by atoms with Crippen LogP contribution in [0.5, 0.6) is 0 Å². The largest absolute Gasteiger partial charge is 0.479 e. The molecule has 1 aliphatic heterocycles. The summed E-state index contributed by atoms with van der Waals surface area (Å²) < 4.78 is 0. The molecule has 1 unspecified atom stereocenters. The number of carbonyl (C=O) groups is 2. The van der Waals surface area contributed by atoms with Crippen LogP contribution >= 0.6 is 0 Å². The van der Waals surface area contributed by atoms with Gasteiger partial charge in [-0.3, -0.25) is 4.79 Å². The summed E-state index contributed by atoms with van der Waals surface area (Å²) >= 11 is 0. The molecule has 0 bridgehead atoms. The summed E-state index contributed by atoms with van der Waals surface area (Å²) in [7, 11) is 0. The van der Waals surface area contributed by atoms with Crippen LogP contribution in [0.25, 0.3) is 6.08 Å². The van der Waals surface area contributed by atoms with E-state index in [0.717, 1.165) is 11.1 Å². The number of allylic oxidation sites excluding steroid dienone is 1. The molecule has 20 heavy (non-hydrogen) atoms. The van der Waals surface area contributed by atoms with Crippen molar-refractivity contribution in [2.45, 2.75) is 25.4 Å². The van der Waals surface area contributed by atoms with Gasteiger partial charge in [-0.05, 0) is 23.6 Å². The Hall–Kier alpha value is -2.36. The zero-order valence-electron chi connectivity index (χ0n) is 11.2. The molecule has 1 atom stereocenters. The molecule has 1 aromatic carbocycles. The topological polar surface area (TPSA) is 57.6 Å². The highest BCUT2D eigenvalue weighted by Gasteiger charge is 2.31. The number of Topliss-reactive ketones (excluding diaryl/α,β-unsaturated/α-hetero) is 1. The first-order valence-corrected chi connectivity index (χ1v) is 6.51. The van der Waals surface area contributed by atoms with Crippen molar-refractivity contribution >= 4 is 17.8 Å². The van der Waals surface area contributed by atoms with Crippen molar-refractivity contribution in [1.82, 2.24) is 4.90 Å². The fourth-order valence-electron chi connectivity index (χ4n) is 2.29. The molecule has 4 heteroatoms. The summed E-state index contributed by atoms with van der Waals surface area (Å²) in [6.45, 7) is 3.99. The Kier molecular flexibility index (Phi) is 4.35. The predicted molar refractivity (Wildman–Crippen MR) is 76.9 cm³/mol. The van der Waals surface area contributed by atoms with E-state index in [1.165, 1.54) is 0 Å². The summed E-state index contributed by atoms with van der Waals surface area (Å²) in [5.41, 5.74) is 2.09. The second-order valence-electron chi connectivity index (χ2n) is 4.72. The molecule has 1 N–H and O–H groups in total. The molecule has 0 saturated carbocycles. The maximum absolute atomic E-state index is 12.1. The molecule has 2 rings (SSSR count). The van der Waals surface area contributed by atoms with Gasteiger partial charge in [0.25, 0.3) is 0 Å². The van der Waals surface area contributed by atoms with Crippen LogP contribution in [0.1, 0.15) is 24.0 Å². The smallest absolute Gasteiger partial charge is 0.334 e. The molecule has 1 aliphatic rings. The molecule has 0 radical (unpaired) electrons. The highest BCUT2D eigenvalue weighted by atomic mass is 16.4. The lowest BCUT2D eigenvalue weighted by Crippen LogP contribution is -2.44. The molecule has 0 aromatic heterocycles. The summed E-state index contributed by atoms with van der Waals surface area (Å²) in [4.78, 5) is 25.0. The van der Waals surface area contributed by atoms with Crippen LogP contribution in [0, 0.1) is 0 Å². The fourth-order valence-corrected chi connectivity index (χ4v) is 2.29. The van der Waals surface area contributed by atoms with Crippen molar-refractivity contribution in [3.8, 4) is 0 Å². The van der Waals surface area contributed by atoms with Gasteiger partial charge in [-0.15, -0.1) is 6.58 Å². The zero-order valence-corrected chi connectivity index (χ0v) is 11.2. The molecule has 0 saturated heterocycles. The van der Waals surface area contributed by atoms with Gasteiger partial charge in [0, 0.05) is 19.2 Å². The van der Waals surface area contributed by atoms with Crippen molar-refractivity contribution < 1.29 is 14.7 Å². The van der Waals surface area contributed by atoms with E-state index in [2.05, 4.69) is 6.58 Å². The zero-order chi connectivity index (χ0) is 14.5.